The van der Waals surface area contributed by atoms with Gasteiger partial charge in [0.15, 0.2) is 0 Å². The van der Waals surface area contributed by atoms with Crippen LogP contribution in [-0.4, -0.2) is 34.8 Å². The van der Waals surface area contributed by atoms with Crippen molar-refractivity contribution in [3.63, 3.8) is 0 Å². The van der Waals surface area contributed by atoms with Crippen LogP contribution in [0.4, 0.5) is 0 Å². The molecule has 1 aliphatic carbocycles. The van der Waals surface area contributed by atoms with E-state index in [0.29, 0.717) is 18.9 Å². The van der Waals surface area contributed by atoms with Crippen LogP contribution in [0.3, 0.4) is 0 Å². The van der Waals surface area contributed by atoms with Gasteiger partial charge in [0.1, 0.15) is 0 Å². The fraction of sp³-hybridized carbons (Fsp3) is 0.588. The number of carbonyl (C=O) groups excluding carboxylic acids is 2. The van der Waals surface area contributed by atoms with Gasteiger partial charge in [-0.3, -0.25) is 14.6 Å². The Morgan fingerprint density at radius 2 is 2.09 bits per heavy atom. The molecule has 118 valence electrons. The maximum absolute atomic E-state index is 12.4. The molecule has 3 unspecified atom stereocenters. The fourth-order valence-corrected chi connectivity index (χ4v) is 3.20. The molecule has 1 N–H and O–H groups in total. The molecule has 1 aliphatic heterocycles. The predicted molar refractivity (Wildman–Crippen MR) is 82.7 cm³/mol. The van der Waals surface area contributed by atoms with E-state index in [2.05, 4.69) is 17.2 Å². The minimum Gasteiger partial charge on any atom is -0.352 e. The van der Waals surface area contributed by atoms with Crippen molar-refractivity contribution in [3.05, 3.63) is 30.1 Å². The first kappa shape index (κ1) is 15.0. The van der Waals surface area contributed by atoms with E-state index in [-0.39, 0.29) is 23.7 Å². The number of likely N-dealkylation sites (tertiary alicyclic amines) is 1. The Labute approximate surface area is 131 Å². The molecule has 1 aromatic heterocycles. The Balaban J connectivity index is 1.47. The average Bonchev–Trinajstić information content (AvgIpc) is 3.33. The van der Waals surface area contributed by atoms with Crippen LogP contribution in [0, 0.1) is 17.8 Å². The monoisotopic (exact) mass is 301 g/mol. The van der Waals surface area contributed by atoms with Crippen LogP contribution in [0.1, 0.15) is 31.7 Å². The van der Waals surface area contributed by atoms with Gasteiger partial charge >= 0.3 is 0 Å². The fourth-order valence-electron chi connectivity index (χ4n) is 3.20. The highest BCUT2D eigenvalue weighted by Crippen LogP contribution is 2.40. The third-order valence-corrected chi connectivity index (χ3v) is 4.63. The van der Waals surface area contributed by atoms with Crippen molar-refractivity contribution in [2.45, 2.75) is 32.7 Å². The van der Waals surface area contributed by atoms with E-state index in [9.17, 15) is 9.59 Å². The zero-order valence-electron chi connectivity index (χ0n) is 13.0. The summed E-state index contributed by atoms with van der Waals surface area (Å²) >= 11 is 0. The molecule has 2 amide bonds. The van der Waals surface area contributed by atoms with Gasteiger partial charge in [0, 0.05) is 32.0 Å². The van der Waals surface area contributed by atoms with Gasteiger partial charge < -0.3 is 10.2 Å². The van der Waals surface area contributed by atoms with Gasteiger partial charge in [-0.25, -0.2) is 0 Å². The highest BCUT2D eigenvalue weighted by atomic mass is 16.2. The van der Waals surface area contributed by atoms with Crippen molar-refractivity contribution in [3.8, 4) is 0 Å². The Morgan fingerprint density at radius 3 is 2.82 bits per heavy atom. The number of carbonyl (C=O) groups is 2. The summed E-state index contributed by atoms with van der Waals surface area (Å²) in [6.07, 6.45) is 6.40. The van der Waals surface area contributed by atoms with Crippen LogP contribution in [0.5, 0.6) is 0 Å². The van der Waals surface area contributed by atoms with Crippen LogP contribution >= 0.6 is 0 Å². The van der Waals surface area contributed by atoms with Crippen LogP contribution in [0.15, 0.2) is 24.5 Å². The number of rotatable bonds is 4. The van der Waals surface area contributed by atoms with Crippen LogP contribution in [0.2, 0.25) is 0 Å². The van der Waals surface area contributed by atoms with E-state index in [1.807, 2.05) is 17.0 Å². The summed E-state index contributed by atoms with van der Waals surface area (Å²) in [5.41, 5.74) is 1.02. The topological polar surface area (TPSA) is 62.3 Å². The SMILES string of the molecule is CC1CCCN(C(=O)C2CC2C(=O)NCc2ccncc2)C1. The number of hydrogen-bond acceptors (Lipinski definition) is 3. The van der Waals surface area contributed by atoms with E-state index < -0.39 is 0 Å². The summed E-state index contributed by atoms with van der Waals surface area (Å²) in [5, 5.41) is 2.92. The smallest absolute Gasteiger partial charge is 0.226 e. The van der Waals surface area contributed by atoms with Crippen molar-refractivity contribution in [1.82, 2.24) is 15.2 Å². The zero-order chi connectivity index (χ0) is 15.5. The maximum atomic E-state index is 12.4. The number of hydrogen-bond donors (Lipinski definition) is 1. The van der Waals surface area contributed by atoms with Crippen LogP contribution in [-0.2, 0) is 16.1 Å². The summed E-state index contributed by atoms with van der Waals surface area (Å²) in [6.45, 7) is 4.39. The summed E-state index contributed by atoms with van der Waals surface area (Å²) in [4.78, 5) is 30.5. The molecule has 0 bridgehead atoms. The van der Waals surface area contributed by atoms with Gasteiger partial charge in [0.05, 0.1) is 11.8 Å². The number of nitrogens with one attached hydrogen (secondary N) is 1. The molecule has 3 rings (SSSR count). The number of amides is 2. The summed E-state index contributed by atoms with van der Waals surface area (Å²) < 4.78 is 0. The molecule has 3 atom stereocenters. The Kier molecular flexibility index (Phi) is 4.41. The molecule has 1 aromatic rings. The van der Waals surface area contributed by atoms with Gasteiger partial charge in [0.25, 0.3) is 0 Å². The van der Waals surface area contributed by atoms with E-state index in [1.165, 1.54) is 6.42 Å². The molecule has 22 heavy (non-hydrogen) atoms. The standard InChI is InChI=1S/C17H23N3O2/c1-12-3-2-8-20(11-12)17(22)15-9-14(15)16(21)19-10-13-4-6-18-7-5-13/h4-7,12,14-15H,2-3,8-11H2,1H3,(H,19,21). The molecular formula is C17H23N3O2. The van der Waals surface area contributed by atoms with Gasteiger partial charge in [-0.15, -0.1) is 0 Å². The molecule has 0 aromatic carbocycles. The lowest BCUT2D eigenvalue weighted by Crippen LogP contribution is -2.40. The molecular weight excluding hydrogens is 278 g/mol. The Hall–Kier alpha value is -1.91. The minimum absolute atomic E-state index is 0.000204. The van der Waals surface area contributed by atoms with Gasteiger partial charge in [-0.1, -0.05) is 6.92 Å². The highest BCUT2D eigenvalue weighted by molar-refractivity contribution is 5.92. The van der Waals surface area contributed by atoms with Gasteiger partial charge in [0.2, 0.25) is 11.8 Å². The van der Waals surface area contributed by atoms with Crippen molar-refractivity contribution in [2.75, 3.05) is 13.1 Å². The first-order valence-electron chi connectivity index (χ1n) is 8.10. The first-order valence-corrected chi connectivity index (χ1v) is 8.10. The summed E-state index contributed by atoms with van der Waals surface area (Å²) in [7, 11) is 0. The number of piperidine rings is 1. The predicted octanol–water partition coefficient (Wildman–Crippen LogP) is 1.59. The largest absolute Gasteiger partial charge is 0.352 e. The molecule has 2 heterocycles. The number of pyridine rings is 1. The molecule has 0 radical (unpaired) electrons. The third kappa shape index (κ3) is 3.46. The molecule has 5 heteroatoms. The average molecular weight is 301 g/mol. The molecule has 2 aliphatic rings. The molecule has 0 spiro atoms. The summed E-state index contributed by atoms with van der Waals surface area (Å²) in [6, 6.07) is 3.76. The normalized spacial score (nSPS) is 27.3. The van der Waals surface area contributed by atoms with Crippen LogP contribution in [0.25, 0.3) is 0 Å². The Bertz CT molecular complexity index is 546. The van der Waals surface area contributed by atoms with E-state index in [1.54, 1.807) is 12.4 Å². The number of aromatic nitrogens is 1. The number of nitrogens with zero attached hydrogens (tertiary/aromatic N) is 2. The van der Waals surface area contributed by atoms with E-state index in [0.717, 1.165) is 25.1 Å². The highest BCUT2D eigenvalue weighted by Gasteiger charge is 2.49. The quantitative estimate of drug-likeness (QED) is 0.918. The van der Waals surface area contributed by atoms with Crippen molar-refractivity contribution in [1.29, 1.82) is 0 Å². The third-order valence-electron chi connectivity index (χ3n) is 4.63. The van der Waals surface area contributed by atoms with E-state index in [4.69, 9.17) is 0 Å². The van der Waals surface area contributed by atoms with Crippen LogP contribution < -0.4 is 5.32 Å². The first-order chi connectivity index (χ1) is 10.6. The second-order valence-corrected chi connectivity index (χ2v) is 6.55. The summed E-state index contributed by atoms with van der Waals surface area (Å²) in [5.74, 6) is 0.528. The lowest BCUT2D eigenvalue weighted by Gasteiger charge is -2.31. The lowest BCUT2D eigenvalue weighted by molar-refractivity contribution is -0.136. The molecule has 5 nitrogen and oxygen atoms in total. The zero-order valence-corrected chi connectivity index (χ0v) is 13.0. The lowest BCUT2D eigenvalue weighted by atomic mass is 10.00. The van der Waals surface area contributed by atoms with Crippen molar-refractivity contribution >= 4 is 11.8 Å². The minimum atomic E-state index is -0.133. The Morgan fingerprint density at radius 1 is 1.32 bits per heavy atom. The van der Waals surface area contributed by atoms with Gasteiger partial charge in [-0.2, -0.15) is 0 Å². The van der Waals surface area contributed by atoms with Crippen molar-refractivity contribution < 1.29 is 9.59 Å². The molecule has 1 saturated carbocycles. The molecule has 2 fully saturated rings. The van der Waals surface area contributed by atoms with Gasteiger partial charge in [-0.05, 0) is 42.9 Å². The van der Waals surface area contributed by atoms with E-state index >= 15 is 0 Å². The maximum Gasteiger partial charge on any atom is 0.226 e. The van der Waals surface area contributed by atoms with Crippen molar-refractivity contribution in [2.24, 2.45) is 17.8 Å². The molecule has 1 saturated heterocycles. The second kappa shape index (κ2) is 6.46. The second-order valence-electron chi connectivity index (χ2n) is 6.55.